The van der Waals surface area contributed by atoms with E-state index in [1.165, 1.54) is 23.5 Å². The lowest BCUT2D eigenvalue weighted by molar-refractivity contribution is 0.0806. The molecule has 26 heavy (non-hydrogen) atoms. The van der Waals surface area contributed by atoms with Gasteiger partial charge in [0.2, 0.25) is 10.0 Å². The first-order valence-corrected chi connectivity index (χ1v) is 10.3. The number of anilines is 1. The van der Waals surface area contributed by atoms with E-state index in [0.29, 0.717) is 37.7 Å². The normalized spacial score (nSPS) is 19.3. The first kappa shape index (κ1) is 18.9. The van der Waals surface area contributed by atoms with E-state index in [2.05, 4.69) is 10.6 Å². The summed E-state index contributed by atoms with van der Waals surface area (Å²) >= 11 is 0. The Hall–Kier alpha value is -1.84. The molecule has 0 radical (unpaired) electrons. The molecule has 2 aliphatic heterocycles. The number of rotatable bonds is 5. The van der Waals surface area contributed by atoms with Gasteiger partial charge >= 0.3 is 6.03 Å². The molecule has 8 nitrogen and oxygen atoms in total. The lowest BCUT2D eigenvalue weighted by Crippen LogP contribution is -2.41. The molecule has 0 saturated carbocycles. The Kier molecular flexibility index (Phi) is 6.00. The Morgan fingerprint density at radius 2 is 1.92 bits per heavy atom. The molecule has 0 unspecified atom stereocenters. The number of benzene rings is 1. The van der Waals surface area contributed by atoms with Crippen molar-refractivity contribution in [1.29, 1.82) is 0 Å². The highest BCUT2D eigenvalue weighted by atomic mass is 32.2. The summed E-state index contributed by atoms with van der Waals surface area (Å²) in [6.07, 6.45) is 3.25. The number of hydrogen-bond acceptors (Lipinski definition) is 5. The van der Waals surface area contributed by atoms with Crippen LogP contribution in [0.1, 0.15) is 25.7 Å². The summed E-state index contributed by atoms with van der Waals surface area (Å²) in [4.78, 5) is 12.4. The highest BCUT2D eigenvalue weighted by molar-refractivity contribution is 7.89. The Balaban J connectivity index is 1.75. The molecule has 0 aliphatic carbocycles. The van der Waals surface area contributed by atoms with Gasteiger partial charge in [-0.15, -0.1) is 0 Å². The number of methoxy groups -OCH3 is 1. The fraction of sp³-hybridized carbons (Fsp3) is 0.588. The maximum absolute atomic E-state index is 12.7. The fourth-order valence-corrected chi connectivity index (χ4v) is 4.75. The van der Waals surface area contributed by atoms with E-state index in [-0.39, 0.29) is 17.0 Å². The number of carbonyl (C=O) groups excluding carboxylic acids is 1. The maximum Gasteiger partial charge on any atom is 0.319 e. The molecule has 0 bridgehead atoms. The molecule has 2 heterocycles. The van der Waals surface area contributed by atoms with E-state index in [4.69, 9.17) is 9.47 Å². The third-order valence-corrected chi connectivity index (χ3v) is 6.57. The van der Waals surface area contributed by atoms with E-state index in [9.17, 15) is 13.2 Å². The number of sulfonamides is 1. The van der Waals surface area contributed by atoms with Crippen LogP contribution in [-0.4, -0.2) is 58.2 Å². The minimum atomic E-state index is -3.56. The summed E-state index contributed by atoms with van der Waals surface area (Å²) in [7, 11) is -2.08. The number of urea groups is 1. The molecule has 2 aliphatic rings. The van der Waals surface area contributed by atoms with Crippen LogP contribution in [0.4, 0.5) is 10.5 Å². The van der Waals surface area contributed by atoms with E-state index in [1.807, 2.05) is 0 Å². The van der Waals surface area contributed by atoms with Crippen molar-refractivity contribution in [3.8, 4) is 5.75 Å². The number of ether oxygens (including phenoxy) is 2. The molecular weight excluding hydrogens is 358 g/mol. The molecule has 1 aromatic rings. The summed E-state index contributed by atoms with van der Waals surface area (Å²) in [5.74, 6) is 0.410. The zero-order valence-electron chi connectivity index (χ0n) is 14.9. The monoisotopic (exact) mass is 383 g/mol. The summed E-state index contributed by atoms with van der Waals surface area (Å²) in [6, 6.07) is 4.19. The first-order chi connectivity index (χ1) is 12.5. The standard InChI is InChI=1S/C17H25N3O5S/c1-24-16-5-4-14(26(22,23)20-8-2-3-9-20)12-15(16)19-17(21)18-13-6-10-25-11-7-13/h4-5,12-13H,2-3,6-11H2,1H3,(H2,18,19,21). The Bertz CT molecular complexity index is 741. The Morgan fingerprint density at radius 1 is 1.23 bits per heavy atom. The lowest BCUT2D eigenvalue weighted by Gasteiger charge is -2.23. The average Bonchev–Trinajstić information content (AvgIpc) is 3.18. The molecule has 2 fully saturated rings. The second-order valence-corrected chi connectivity index (χ2v) is 8.40. The van der Waals surface area contributed by atoms with Gasteiger partial charge in [-0.25, -0.2) is 13.2 Å². The van der Waals surface area contributed by atoms with Crippen LogP contribution in [0.5, 0.6) is 5.75 Å². The van der Waals surface area contributed by atoms with Crippen LogP contribution in [0.25, 0.3) is 0 Å². The molecule has 9 heteroatoms. The topological polar surface area (TPSA) is 97.0 Å². The molecule has 3 rings (SSSR count). The van der Waals surface area contributed by atoms with Gasteiger partial charge in [0.05, 0.1) is 17.7 Å². The van der Waals surface area contributed by atoms with Gasteiger partial charge in [0.25, 0.3) is 0 Å². The predicted octanol–water partition coefficient (Wildman–Crippen LogP) is 1.78. The largest absolute Gasteiger partial charge is 0.495 e. The van der Waals surface area contributed by atoms with Gasteiger partial charge in [0.1, 0.15) is 5.75 Å². The lowest BCUT2D eigenvalue weighted by atomic mass is 10.1. The summed E-state index contributed by atoms with van der Waals surface area (Å²) < 4.78 is 37.5. The number of nitrogens with zero attached hydrogens (tertiary/aromatic N) is 1. The van der Waals surface area contributed by atoms with Gasteiger partial charge < -0.3 is 20.1 Å². The molecule has 144 valence electrons. The van der Waals surface area contributed by atoms with Crippen LogP contribution < -0.4 is 15.4 Å². The van der Waals surface area contributed by atoms with Crippen LogP contribution in [-0.2, 0) is 14.8 Å². The number of carbonyl (C=O) groups is 1. The SMILES string of the molecule is COc1ccc(S(=O)(=O)N2CCCC2)cc1NC(=O)NC1CCOCC1. The minimum absolute atomic E-state index is 0.0475. The van der Waals surface area contributed by atoms with Crippen molar-refractivity contribution in [3.63, 3.8) is 0 Å². The first-order valence-electron chi connectivity index (χ1n) is 8.84. The summed E-state index contributed by atoms with van der Waals surface area (Å²) in [5.41, 5.74) is 0.331. The molecule has 1 aromatic carbocycles. The summed E-state index contributed by atoms with van der Waals surface area (Å²) in [5, 5.41) is 5.60. The average molecular weight is 383 g/mol. The van der Waals surface area contributed by atoms with E-state index in [0.717, 1.165) is 25.7 Å². The Labute approximate surface area is 153 Å². The van der Waals surface area contributed by atoms with Gasteiger partial charge in [-0.2, -0.15) is 4.31 Å². The molecule has 0 aromatic heterocycles. The fourth-order valence-electron chi connectivity index (χ4n) is 3.21. The number of amides is 2. The zero-order valence-corrected chi connectivity index (χ0v) is 15.7. The highest BCUT2D eigenvalue weighted by Gasteiger charge is 2.28. The van der Waals surface area contributed by atoms with Crippen LogP contribution in [0.2, 0.25) is 0 Å². The minimum Gasteiger partial charge on any atom is -0.495 e. The van der Waals surface area contributed by atoms with Crippen molar-refractivity contribution in [1.82, 2.24) is 9.62 Å². The van der Waals surface area contributed by atoms with Crippen LogP contribution >= 0.6 is 0 Å². The second kappa shape index (κ2) is 8.24. The molecule has 2 amide bonds. The molecule has 2 saturated heterocycles. The van der Waals surface area contributed by atoms with Crippen molar-refractivity contribution in [2.45, 2.75) is 36.6 Å². The van der Waals surface area contributed by atoms with E-state index in [1.54, 1.807) is 6.07 Å². The molecule has 2 N–H and O–H groups in total. The zero-order chi connectivity index (χ0) is 18.6. The van der Waals surface area contributed by atoms with Crippen LogP contribution in [0, 0.1) is 0 Å². The van der Waals surface area contributed by atoms with Crippen LogP contribution in [0.15, 0.2) is 23.1 Å². The van der Waals surface area contributed by atoms with Gasteiger partial charge in [-0.1, -0.05) is 0 Å². The molecule has 0 atom stereocenters. The highest BCUT2D eigenvalue weighted by Crippen LogP contribution is 2.30. The number of hydrogen-bond donors (Lipinski definition) is 2. The quantitative estimate of drug-likeness (QED) is 0.808. The Morgan fingerprint density at radius 3 is 2.58 bits per heavy atom. The van der Waals surface area contributed by atoms with Crippen molar-refractivity contribution in [3.05, 3.63) is 18.2 Å². The van der Waals surface area contributed by atoms with E-state index < -0.39 is 10.0 Å². The third kappa shape index (κ3) is 4.28. The smallest absolute Gasteiger partial charge is 0.319 e. The summed E-state index contributed by atoms with van der Waals surface area (Å²) in [6.45, 7) is 2.30. The van der Waals surface area contributed by atoms with Gasteiger partial charge in [-0.05, 0) is 43.9 Å². The van der Waals surface area contributed by atoms with Gasteiger partial charge in [-0.3, -0.25) is 0 Å². The molecule has 0 spiro atoms. The van der Waals surface area contributed by atoms with Gasteiger partial charge in [0, 0.05) is 32.3 Å². The molecular formula is C17H25N3O5S. The van der Waals surface area contributed by atoms with E-state index >= 15 is 0 Å². The predicted molar refractivity (Wildman–Crippen MR) is 97.0 cm³/mol. The van der Waals surface area contributed by atoms with Gasteiger partial charge in [0.15, 0.2) is 0 Å². The van der Waals surface area contributed by atoms with Crippen LogP contribution in [0.3, 0.4) is 0 Å². The third-order valence-electron chi connectivity index (χ3n) is 4.68. The second-order valence-electron chi connectivity index (χ2n) is 6.46. The van der Waals surface area contributed by atoms with Crippen molar-refractivity contribution in [2.24, 2.45) is 0 Å². The number of nitrogens with one attached hydrogen (secondary N) is 2. The van der Waals surface area contributed by atoms with Crippen molar-refractivity contribution < 1.29 is 22.7 Å². The van der Waals surface area contributed by atoms with Crippen molar-refractivity contribution in [2.75, 3.05) is 38.7 Å². The van der Waals surface area contributed by atoms with Crippen molar-refractivity contribution >= 4 is 21.7 Å². The maximum atomic E-state index is 12.7.